The van der Waals surface area contributed by atoms with Crippen LogP contribution in [0.4, 0.5) is 0 Å². The fourth-order valence-electron chi connectivity index (χ4n) is 1.45. The molecule has 0 fully saturated rings. The van der Waals surface area contributed by atoms with Gasteiger partial charge in [-0.1, -0.05) is 13.8 Å². The lowest BCUT2D eigenvalue weighted by molar-refractivity contribution is 0.111. The fraction of sp³-hybridized carbons (Fsp3) is 0.769. The van der Waals surface area contributed by atoms with Gasteiger partial charge < -0.3 is 15.0 Å². The molecule has 18 heavy (non-hydrogen) atoms. The molecule has 104 valence electrons. The van der Waals surface area contributed by atoms with Crippen molar-refractivity contribution < 1.29 is 4.74 Å². The van der Waals surface area contributed by atoms with E-state index in [1.54, 1.807) is 11.3 Å². The summed E-state index contributed by atoms with van der Waals surface area (Å²) in [5.41, 5.74) is 1.05. The molecule has 0 saturated heterocycles. The maximum Gasteiger partial charge on any atom is 0.107 e. The molecule has 1 rings (SSSR count). The van der Waals surface area contributed by atoms with E-state index in [9.17, 15) is 0 Å². The van der Waals surface area contributed by atoms with Gasteiger partial charge in [-0.25, -0.2) is 4.98 Å². The van der Waals surface area contributed by atoms with Crippen molar-refractivity contribution in [3.8, 4) is 0 Å². The Morgan fingerprint density at radius 2 is 2.22 bits per heavy atom. The second-order valence-corrected chi connectivity index (χ2v) is 5.92. The summed E-state index contributed by atoms with van der Waals surface area (Å²) in [6.45, 7) is 7.63. The van der Waals surface area contributed by atoms with Crippen molar-refractivity contribution >= 4 is 11.3 Å². The minimum absolute atomic E-state index is 0.500. The molecule has 1 aromatic heterocycles. The van der Waals surface area contributed by atoms with Gasteiger partial charge in [0.25, 0.3) is 0 Å². The van der Waals surface area contributed by atoms with Crippen molar-refractivity contribution in [2.75, 3.05) is 27.2 Å². The second-order valence-electron chi connectivity index (χ2n) is 4.98. The van der Waals surface area contributed by atoms with Crippen LogP contribution < -0.4 is 5.32 Å². The average molecular weight is 271 g/mol. The van der Waals surface area contributed by atoms with E-state index >= 15 is 0 Å². The summed E-state index contributed by atoms with van der Waals surface area (Å²) in [6, 6.07) is 0.500. The highest BCUT2D eigenvalue weighted by Crippen LogP contribution is 2.10. The summed E-state index contributed by atoms with van der Waals surface area (Å²) in [6.07, 6.45) is 1.07. The first-order chi connectivity index (χ1) is 8.58. The van der Waals surface area contributed by atoms with Gasteiger partial charge in [-0.2, -0.15) is 0 Å². The smallest absolute Gasteiger partial charge is 0.107 e. The molecule has 0 aliphatic heterocycles. The van der Waals surface area contributed by atoms with Crippen molar-refractivity contribution in [2.45, 2.75) is 39.5 Å². The summed E-state index contributed by atoms with van der Waals surface area (Å²) in [5.74, 6) is 0. The van der Waals surface area contributed by atoms with Crippen molar-refractivity contribution in [1.29, 1.82) is 0 Å². The van der Waals surface area contributed by atoms with Gasteiger partial charge in [-0.3, -0.25) is 0 Å². The lowest BCUT2D eigenvalue weighted by Crippen LogP contribution is -2.21. The molecule has 5 heteroatoms. The van der Waals surface area contributed by atoms with Gasteiger partial charge in [0.05, 0.1) is 12.3 Å². The number of hydrogen-bond donors (Lipinski definition) is 1. The maximum absolute atomic E-state index is 5.61. The third kappa shape index (κ3) is 7.06. The summed E-state index contributed by atoms with van der Waals surface area (Å²) in [5, 5.41) is 6.59. The van der Waals surface area contributed by atoms with Crippen LogP contribution in [0.1, 0.15) is 31.0 Å². The van der Waals surface area contributed by atoms with E-state index in [-0.39, 0.29) is 0 Å². The lowest BCUT2D eigenvalue weighted by Gasteiger charge is -2.08. The largest absolute Gasteiger partial charge is 0.375 e. The molecular formula is C13H25N3OS. The van der Waals surface area contributed by atoms with Crippen LogP contribution in [0.3, 0.4) is 0 Å². The van der Waals surface area contributed by atoms with E-state index in [1.165, 1.54) is 0 Å². The van der Waals surface area contributed by atoms with Gasteiger partial charge in [0.15, 0.2) is 0 Å². The Hall–Kier alpha value is -0.490. The molecule has 0 aliphatic carbocycles. The number of ether oxygens (including phenoxy) is 1. The van der Waals surface area contributed by atoms with Crippen LogP contribution in [0.15, 0.2) is 5.38 Å². The Morgan fingerprint density at radius 3 is 2.89 bits per heavy atom. The molecule has 4 nitrogen and oxygen atoms in total. The molecule has 1 N–H and O–H groups in total. The van der Waals surface area contributed by atoms with E-state index in [2.05, 4.69) is 48.5 Å². The highest BCUT2D eigenvalue weighted by molar-refractivity contribution is 7.09. The molecule has 0 bridgehead atoms. The Kier molecular flexibility index (Phi) is 7.42. The normalized spacial score (nSPS) is 11.7. The average Bonchev–Trinajstić information content (AvgIpc) is 2.73. The second kappa shape index (κ2) is 8.58. The fourth-order valence-corrected chi connectivity index (χ4v) is 2.18. The number of nitrogens with zero attached hydrogens (tertiary/aromatic N) is 2. The van der Waals surface area contributed by atoms with Crippen LogP contribution >= 0.6 is 11.3 Å². The topological polar surface area (TPSA) is 37.4 Å². The van der Waals surface area contributed by atoms with Crippen molar-refractivity contribution in [3.63, 3.8) is 0 Å². The molecule has 0 spiro atoms. The number of nitrogens with one attached hydrogen (secondary N) is 1. The molecule has 0 unspecified atom stereocenters. The standard InChI is InChI=1S/C13H25N3OS/c1-11(2)14-8-13-15-12(10-18-13)9-17-7-5-6-16(3)4/h10-11,14H,5-9H2,1-4H3. The first kappa shape index (κ1) is 15.6. The Balaban J connectivity index is 2.15. The molecule has 0 amide bonds. The third-order valence-corrected chi connectivity index (χ3v) is 3.30. The monoisotopic (exact) mass is 271 g/mol. The van der Waals surface area contributed by atoms with Gasteiger partial charge in [0.2, 0.25) is 0 Å². The third-order valence-electron chi connectivity index (χ3n) is 2.40. The van der Waals surface area contributed by atoms with E-state index < -0.39 is 0 Å². The minimum atomic E-state index is 0.500. The first-order valence-corrected chi connectivity index (χ1v) is 7.35. The summed E-state index contributed by atoms with van der Waals surface area (Å²) < 4.78 is 5.61. The molecule has 0 atom stereocenters. The van der Waals surface area contributed by atoms with E-state index in [0.29, 0.717) is 12.6 Å². The van der Waals surface area contributed by atoms with E-state index in [4.69, 9.17) is 4.74 Å². The van der Waals surface area contributed by atoms with Crippen LogP contribution in [-0.2, 0) is 17.9 Å². The minimum Gasteiger partial charge on any atom is -0.375 e. The van der Waals surface area contributed by atoms with E-state index in [0.717, 1.165) is 36.8 Å². The SMILES string of the molecule is CC(C)NCc1nc(COCCCN(C)C)cs1. The van der Waals surface area contributed by atoms with Crippen molar-refractivity contribution in [1.82, 2.24) is 15.2 Å². The maximum atomic E-state index is 5.61. The molecular weight excluding hydrogens is 246 g/mol. The molecule has 1 aromatic rings. The summed E-state index contributed by atoms with van der Waals surface area (Å²) in [4.78, 5) is 6.70. The van der Waals surface area contributed by atoms with Crippen LogP contribution in [0, 0.1) is 0 Å². The summed E-state index contributed by atoms with van der Waals surface area (Å²) in [7, 11) is 4.16. The van der Waals surface area contributed by atoms with Gasteiger partial charge in [0.1, 0.15) is 5.01 Å². The van der Waals surface area contributed by atoms with Gasteiger partial charge in [-0.05, 0) is 27.1 Å². The van der Waals surface area contributed by atoms with Crippen molar-refractivity contribution in [3.05, 3.63) is 16.1 Å². The quantitative estimate of drug-likeness (QED) is 0.698. The van der Waals surface area contributed by atoms with E-state index in [1.807, 2.05) is 0 Å². The highest BCUT2D eigenvalue weighted by Gasteiger charge is 2.03. The van der Waals surface area contributed by atoms with Crippen LogP contribution in [-0.4, -0.2) is 43.2 Å². The zero-order valence-corrected chi connectivity index (χ0v) is 12.7. The molecule has 0 saturated carbocycles. The van der Waals surface area contributed by atoms with Crippen LogP contribution in [0.5, 0.6) is 0 Å². The lowest BCUT2D eigenvalue weighted by atomic mass is 10.4. The Bertz CT molecular complexity index is 326. The predicted molar refractivity (Wildman–Crippen MR) is 76.9 cm³/mol. The van der Waals surface area contributed by atoms with Gasteiger partial charge in [0, 0.05) is 24.6 Å². The zero-order chi connectivity index (χ0) is 13.4. The molecule has 1 heterocycles. The molecule has 0 radical (unpaired) electrons. The molecule has 0 aliphatic rings. The molecule has 0 aromatic carbocycles. The Morgan fingerprint density at radius 1 is 1.44 bits per heavy atom. The number of aromatic nitrogens is 1. The highest BCUT2D eigenvalue weighted by atomic mass is 32.1. The van der Waals surface area contributed by atoms with Crippen LogP contribution in [0.2, 0.25) is 0 Å². The number of rotatable bonds is 9. The Labute approximate surface area is 114 Å². The van der Waals surface area contributed by atoms with Gasteiger partial charge in [-0.15, -0.1) is 11.3 Å². The van der Waals surface area contributed by atoms with Gasteiger partial charge >= 0.3 is 0 Å². The predicted octanol–water partition coefficient (Wildman–Crippen LogP) is 2.11. The number of thiazole rings is 1. The first-order valence-electron chi connectivity index (χ1n) is 6.47. The zero-order valence-electron chi connectivity index (χ0n) is 11.9. The van der Waals surface area contributed by atoms with Crippen LogP contribution in [0.25, 0.3) is 0 Å². The number of hydrogen-bond acceptors (Lipinski definition) is 5. The summed E-state index contributed by atoms with van der Waals surface area (Å²) >= 11 is 1.70. The van der Waals surface area contributed by atoms with Crippen molar-refractivity contribution in [2.24, 2.45) is 0 Å².